The van der Waals surface area contributed by atoms with Gasteiger partial charge in [-0.1, -0.05) is 60.7 Å². The van der Waals surface area contributed by atoms with Crippen LogP contribution in [-0.4, -0.2) is 25.7 Å². The molecule has 1 heterocycles. The van der Waals surface area contributed by atoms with Crippen molar-refractivity contribution in [1.29, 1.82) is 0 Å². The van der Waals surface area contributed by atoms with Gasteiger partial charge in [0.1, 0.15) is 0 Å². The highest BCUT2D eigenvalue weighted by atomic mass is 16.5. The Hall–Kier alpha value is -3.31. The number of rotatable bonds is 6. The molecule has 0 saturated carbocycles. The van der Waals surface area contributed by atoms with Crippen LogP contribution in [0, 0.1) is 0 Å². The lowest BCUT2D eigenvalue weighted by Crippen LogP contribution is -2.31. The summed E-state index contributed by atoms with van der Waals surface area (Å²) in [7, 11) is 0. The van der Waals surface area contributed by atoms with Crippen LogP contribution in [0.25, 0.3) is 0 Å². The number of carbonyl (C=O) groups excluding carboxylic acids is 1. The number of hydrogen-bond acceptors (Lipinski definition) is 4. The molecule has 2 N–H and O–H groups in total. The summed E-state index contributed by atoms with van der Waals surface area (Å²) in [4.78, 5) is 12.6. The number of amides is 1. The van der Waals surface area contributed by atoms with Gasteiger partial charge in [0.05, 0.1) is 25.8 Å². The van der Waals surface area contributed by atoms with E-state index < -0.39 is 0 Å². The first-order chi connectivity index (χ1) is 14.3. The Morgan fingerprint density at radius 1 is 0.828 bits per heavy atom. The molecule has 4 rings (SSSR count). The lowest BCUT2D eigenvalue weighted by molar-refractivity contribution is -0.115. The van der Waals surface area contributed by atoms with Gasteiger partial charge in [0.2, 0.25) is 5.91 Å². The minimum absolute atomic E-state index is 0.0630. The quantitative estimate of drug-likeness (QED) is 0.666. The van der Waals surface area contributed by atoms with Crippen molar-refractivity contribution >= 4 is 11.6 Å². The first-order valence-corrected chi connectivity index (χ1v) is 9.82. The third kappa shape index (κ3) is 4.95. The highest BCUT2D eigenvalue weighted by molar-refractivity contribution is 5.92. The molecule has 148 valence electrons. The Balaban J connectivity index is 1.43. The van der Waals surface area contributed by atoms with E-state index in [0.29, 0.717) is 30.4 Å². The predicted octanol–water partition coefficient (Wildman–Crippen LogP) is 4.17. The minimum Gasteiger partial charge on any atom is -0.490 e. The van der Waals surface area contributed by atoms with Gasteiger partial charge in [0.25, 0.3) is 0 Å². The highest BCUT2D eigenvalue weighted by Gasteiger charge is 2.16. The van der Waals surface area contributed by atoms with Gasteiger partial charge in [0.15, 0.2) is 11.5 Å². The minimum atomic E-state index is -0.114. The largest absolute Gasteiger partial charge is 0.490 e. The Bertz CT molecular complexity index is 905. The zero-order valence-corrected chi connectivity index (χ0v) is 16.1. The van der Waals surface area contributed by atoms with Crippen LogP contribution >= 0.6 is 0 Å². The van der Waals surface area contributed by atoms with Gasteiger partial charge in [-0.25, -0.2) is 0 Å². The zero-order chi connectivity index (χ0) is 19.9. The van der Waals surface area contributed by atoms with Crippen LogP contribution in [0.1, 0.15) is 23.6 Å². The Morgan fingerprint density at radius 2 is 1.45 bits per heavy atom. The predicted molar refractivity (Wildman–Crippen MR) is 113 cm³/mol. The van der Waals surface area contributed by atoms with Crippen molar-refractivity contribution in [2.24, 2.45) is 0 Å². The molecule has 1 aliphatic rings. The van der Waals surface area contributed by atoms with Gasteiger partial charge in [-0.2, -0.15) is 0 Å². The van der Waals surface area contributed by atoms with Crippen LogP contribution < -0.4 is 20.1 Å². The second-order valence-electron chi connectivity index (χ2n) is 6.90. The van der Waals surface area contributed by atoms with Crippen molar-refractivity contribution in [3.05, 3.63) is 90.0 Å². The van der Waals surface area contributed by atoms with E-state index in [9.17, 15) is 4.79 Å². The van der Waals surface area contributed by atoms with Crippen LogP contribution in [0.5, 0.6) is 11.5 Å². The van der Waals surface area contributed by atoms with E-state index in [2.05, 4.69) is 34.9 Å². The molecule has 5 heteroatoms. The van der Waals surface area contributed by atoms with E-state index in [4.69, 9.17) is 9.47 Å². The number of anilines is 1. The van der Waals surface area contributed by atoms with Crippen molar-refractivity contribution < 1.29 is 14.3 Å². The average Bonchev–Trinajstić information content (AvgIpc) is 3.00. The van der Waals surface area contributed by atoms with Crippen LogP contribution in [-0.2, 0) is 4.79 Å². The monoisotopic (exact) mass is 388 g/mol. The second-order valence-corrected chi connectivity index (χ2v) is 6.90. The maximum atomic E-state index is 12.6. The fraction of sp³-hybridized carbons (Fsp3) is 0.208. The van der Waals surface area contributed by atoms with E-state index in [-0.39, 0.29) is 18.5 Å². The Kier molecular flexibility index (Phi) is 6.07. The lowest BCUT2D eigenvalue weighted by Gasteiger charge is -2.20. The van der Waals surface area contributed by atoms with Crippen molar-refractivity contribution in [1.82, 2.24) is 5.32 Å². The third-order valence-corrected chi connectivity index (χ3v) is 4.76. The van der Waals surface area contributed by atoms with Crippen LogP contribution in [0.15, 0.2) is 78.9 Å². The van der Waals surface area contributed by atoms with E-state index in [1.54, 1.807) is 0 Å². The molecule has 0 aromatic heterocycles. The zero-order valence-electron chi connectivity index (χ0n) is 16.1. The fourth-order valence-electron chi connectivity index (χ4n) is 3.36. The summed E-state index contributed by atoms with van der Waals surface area (Å²) in [6.07, 6.45) is 0.848. The van der Waals surface area contributed by atoms with Crippen molar-refractivity contribution in [2.75, 3.05) is 25.1 Å². The standard InChI is InChI=1S/C24H24N2O3/c27-23(26-20-12-13-21-22(16-20)29-15-7-14-28-21)17-25-24(18-8-3-1-4-9-18)19-10-5-2-6-11-19/h1-6,8-13,16,24-25H,7,14-15,17H2,(H,26,27). The molecule has 3 aromatic carbocycles. The normalized spacial score (nSPS) is 13.0. The number of nitrogens with one attached hydrogen (secondary N) is 2. The summed E-state index contributed by atoms with van der Waals surface area (Å²) in [6.45, 7) is 1.44. The maximum Gasteiger partial charge on any atom is 0.238 e. The van der Waals surface area contributed by atoms with Gasteiger partial charge in [-0.3, -0.25) is 10.1 Å². The molecule has 1 aliphatic heterocycles. The number of carbonyl (C=O) groups is 1. The molecule has 0 saturated heterocycles. The SMILES string of the molecule is O=C(CNC(c1ccccc1)c1ccccc1)Nc1ccc2c(c1)OCCCO2. The number of hydrogen-bond donors (Lipinski definition) is 2. The van der Waals surface area contributed by atoms with Crippen LogP contribution in [0.2, 0.25) is 0 Å². The second kappa shape index (κ2) is 9.26. The molecule has 29 heavy (non-hydrogen) atoms. The van der Waals surface area contributed by atoms with E-state index in [0.717, 1.165) is 17.5 Å². The molecule has 0 unspecified atom stereocenters. The molecule has 0 fully saturated rings. The van der Waals surface area contributed by atoms with Gasteiger partial charge in [-0.05, 0) is 23.3 Å². The lowest BCUT2D eigenvalue weighted by atomic mass is 9.99. The molecule has 0 spiro atoms. The molecule has 0 radical (unpaired) electrons. The molecule has 5 nitrogen and oxygen atoms in total. The third-order valence-electron chi connectivity index (χ3n) is 4.76. The van der Waals surface area contributed by atoms with Crippen molar-refractivity contribution in [3.63, 3.8) is 0 Å². The van der Waals surface area contributed by atoms with Crippen molar-refractivity contribution in [3.8, 4) is 11.5 Å². The molecule has 0 atom stereocenters. The summed E-state index contributed by atoms with van der Waals surface area (Å²) in [6, 6.07) is 25.7. The smallest absolute Gasteiger partial charge is 0.238 e. The Morgan fingerprint density at radius 3 is 2.10 bits per heavy atom. The van der Waals surface area contributed by atoms with Gasteiger partial charge in [-0.15, -0.1) is 0 Å². The summed E-state index contributed by atoms with van der Waals surface area (Å²) in [5.41, 5.74) is 2.92. The van der Waals surface area contributed by atoms with Gasteiger partial charge < -0.3 is 14.8 Å². The number of ether oxygens (including phenoxy) is 2. The van der Waals surface area contributed by atoms with Crippen LogP contribution in [0.3, 0.4) is 0 Å². The maximum absolute atomic E-state index is 12.6. The van der Waals surface area contributed by atoms with Gasteiger partial charge >= 0.3 is 0 Å². The van der Waals surface area contributed by atoms with Crippen LogP contribution in [0.4, 0.5) is 5.69 Å². The topological polar surface area (TPSA) is 59.6 Å². The summed E-state index contributed by atoms with van der Waals surface area (Å²) in [5.74, 6) is 1.27. The molecular weight excluding hydrogens is 364 g/mol. The van der Waals surface area contributed by atoms with Crippen molar-refractivity contribution in [2.45, 2.75) is 12.5 Å². The van der Waals surface area contributed by atoms with Gasteiger partial charge in [0, 0.05) is 18.2 Å². The highest BCUT2D eigenvalue weighted by Crippen LogP contribution is 2.32. The first kappa shape index (κ1) is 19.0. The van der Waals surface area contributed by atoms with E-state index in [1.165, 1.54) is 0 Å². The van der Waals surface area contributed by atoms with E-state index >= 15 is 0 Å². The fourth-order valence-corrected chi connectivity index (χ4v) is 3.36. The number of fused-ring (bicyclic) bond motifs is 1. The average molecular weight is 388 g/mol. The molecule has 0 bridgehead atoms. The Labute approximate surface area is 170 Å². The summed E-state index contributed by atoms with van der Waals surface area (Å²) < 4.78 is 11.3. The number of benzene rings is 3. The molecule has 0 aliphatic carbocycles. The summed E-state index contributed by atoms with van der Waals surface area (Å²) in [5, 5.41) is 6.31. The molecule has 3 aromatic rings. The van der Waals surface area contributed by atoms with E-state index in [1.807, 2.05) is 54.6 Å². The first-order valence-electron chi connectivity index (χ1n) is 9.82. The molecule has 1 amide bonds. The molecular formula is C24H24N2O3. The summed E-state index contributed by atoms with van der Waals surface area (Å²) >= 11 is 0.